The molecule has 190 valence electrons. The molecule has 7 nitrogen and oxygen atoms in total. The third-order valence-electron chi connectivity index (χ3n) is 8.45. The van der Waals surface area contributed by atoms with Crippen molar-refractivity contribution in [2.24, 2.45) is 5.73 Å². The summed E-state index contributed by atoms with van der Waals surface area (Å²) in [4.78, 5) is 22.4. The molecule has 2 N–H and O–H groups in total. The molecule has 4 aromatic rings. The van der Waals surface area contributed by atoms with Crippen LogP contribution in [0.2, 0.25) is 0 Å². The summed E-state index contributed by atoms with van der Waals surface area (Å²) in [5.41, 5.74) is 13.5. The maximum Gasteiger partial charge on any atom is 0.249 e. The first-order valence-electron chi connectivity index (χ1n) is 13.2. The number of likely N-dealkylation sites (N-methyl/N-ethyl adjacent to an activating group) is 1. The van der Waals surface area contributed by atoms with E-state index in [-0.39, 0.29) is 11.8 Å². The first-order valence-corrected chi connectivity index (χ1v) is 13.2. The number of likely N-dealkylation sites (tertiary alicyclic amines) is 1. The topological polar surface area (TPSA) is 80.3 Å². The molecule has 7 heteroatoms. The summed E-state index contributed by atoms with van der Waals surface area (Å²) in [6.07, 6.45) is 3.16. The number of nitrogens with two attached hydrogens (primary N) is 1. The van der Waals surface area contributed by atoms with Crippen molar-refractivity contribution < 1.29 is 4.79 Å². The van der Waals surface area contributed by atoms with Crippen molar-refractivity contribution in [2.45, 2.75) is 51.7 Å². The minimum atomic E-state index is -0.375. The fourth-order valence-electron chi connectivity index (χ4n) is 6.31. The second-order valence-corrected chi connectivity index (χ2v) is 10.6. The van der Waals surface area contributed by atoms with Gasteiger partial charge in [-0.1, -0.05) is 25.1 Å². The van der Waals surface area contributed by atoms with E-state index in [0.717, 1.165) is 58.7 Å². The van der Waals surface area contributed by atoms with Crippen LogP contribution in [0.4, 0.5) is 5.69 Å². The number of piperazine rings is 1. The van der Waals surface area contributed by atoms with Gasteiger partial charge in [-0.15, -0.1) is 0 Å². The first-order chi connectivity index (χ1) is 17.8. The number of amides is 1. The summed E-state index contributed by atoms with van der Waals surface area (Å²) in [6, 6.07) is 17.8. The maximum atomic E-state index is 12.6. The fraction of sp³-hybridized carbons (Fsp3) is 0.367. The van der Waals surface area contributed by atoms with E-state index in [9.17, 15) is 4.79 Å². The number of carbonyl (C=O) groups is 1. The van der Waals surface area contributed by atoms with E-state index in [2.05, 4.69) is 61.0 Å². The van der Waals surface area contributed by atoms with Gasteiger partial charge in [-0.05, 0) is 74.3 Å². The van der Waals surface area contributed by atoms with E-state index < -0.39 is 0 Å². The van der Waals surface area contributed by atoms with Gasteiger partial charge in [-0.3, -0.25) is 14.4 Å². The zero-order valence-electron chi connectivity index (χ0n) is 22.0. The molecule has 0 unspecified atom stereocenters. The quantitative estimate of drug-likeness (QED) is 0.425. The molecule has 4 heterocycles. The number of benzene rings is 2. The Hall–Kier alpha value is -3.71. The molecular formula is C30H34N6O. The van der Waals surface area contributed by atoms with Gasteiger partial charge in [0.1, 0.15) is 5.69 Å². The SMILES string of the molecule is CCn1ccc(-c2cc([C@H](C)c3cc(N4C[C@H]5C[C@@H]4CN5C)cc(C(N)=O)c3C)c3ccccc3n2)n1. The number of fused-ring (bicyclic) bond motifs is 3. The van der Waals surface area contributed by atoms with Gasteiger partial charge >= 0.3 is 0 Å². The zero-order chi connectivity index (χ0) is 25.8. The molecule has 37 heavy (non-hydrogen) atoms. The number of rotatable bonds is 6. The van der Waals surface area contributed by atoms with Gasteiger partial charge in [0.05, 0.1) is 11.2 Å². The second kappa shape index (κ2) is 8.99. The van der Waals surface area contributed by atoms with E-state index in [1.54, 1.807) is 0 Å². The number of primary amides is 1. The number of aromatic nitrogens is 3. The minimum absolute atomic E-state index is 0.0282. The molecule has 1 amide bonds. The molecule has 6 rings (SSSR count). The van der Waals surface area contributed by atoms with Crippen LogP contribution in [-0.4, -0.2) is 57.8 Å². The smallest absolute Gasteiger partial charge is 0.249 e. The average Bonchev–Trinajstić information content (AvgIpc) is 3.63. The van der Waals surface area contributed by atoms with Crippen molar-refractivity contribution in [3.8, 4) is 11.4 Å². The summed E-state index contributed by atoms with van der Waals surface area (Å²) < 4.78 is 1.92. The molecular weight excluding hydrogens is 460 g/mol. The highest BCUT2D eigenvalue weighted by atomic mass is 16.1. The lowest BCUT2D eigenvalue weighted by molar-refractivity contribution is 0.0999. The van der Waals surface area contributed by atoms with Crippen LogP contribution >= 0.6 is 0 Å². The Morgan fingerprint density at radius 3 is 2.57 bits per heavy atom. The van der Waals surface area contributed by atoms with Crippen molar-refractivity contribution in [1.82, 2.24) is 19.7 Å². The van der Waals surface area contributed by atoms with Crippen molar-refractivity contribution in [2.75, 3.05) is 25.0 Å². The molecule has 2 aromatic heterocycles. The highest BCUT2D eigenvalue weighted by Gasteiger charge is 2.41. The van der Waals surface area contributed by atoms with Crippen LogP contribution in [0.5, 0.6) is 0 Å². The van der Waals surface area contributed by atoms with Gasteiger partial charge in [0.25, 0.3) is 0 Å². The summed E-state index contributed by atoms with van der Waals surface area (Å²) in [7, 11) is 2.20. The van der Waals surface area contributed by atoms with E-state index >= 15 is 0 Å². The van der Waals surface area contributed by atoms with E-state index in [0.29, 0.717) is 17.6 Å². The Balaban J connectivity index is 1.49. The predicted octanol–water partition coefficient (Wildman–Crippen LogP) is 4.57. The van der Waals surface area contributed by atoms with Gasteiger partial charge in [0.2, 0.25) is 5.91 Å². The maximum absolute atomic E-state index is 12.6. The number of aryl methyl sites for hydroxylation is 1. The van der Waals surface area contributed by atoms with E-state index in [4.69, 9.17) is 15.8 Å². The molecule has 2 bridgehead atoms. The highest BCUT2D eigenvalue weighted by molar-refractivity contribution is 5.96. The molecule has 2 aliphatic rings. The van der Waals surface area contributed by atoms with Crippen LogP contribution in [0.25, 0.3) is 22.3 Å². The summed E-state index contributed by atoms with van der Waals surface area (Å²) >= 11 is 0. The van der Waals surface area contributed by atoms with E-state index in [1.807, 2.05) is 36.0 Å². The van der Waals surface area contributed by atoms with Gasteiger partial charge in [0, 0.05) is 60.5 Å². The van der Waals surface area contributed by atoms with Crippen LogP contribution in [-0.2, 0) is 6.54 Å². The molecule has 2 saturated heterocycles. The van der Waals surface area contributed by atoms with Crippen molar-refractivity contribution in [3.05, 3.63) is 77.0 Å². The summed E-state index contributed by atoms with van der Waals surface area (Å²) in [5, 5.41) is 5.82. The molecule has 2 aliphatic heterocycles. The van der Waals surface area contributed by atoms with Crippen LogP contribution in [0.1, 0.15) is 53.2 Å². The molecule has 2 aromatic carbocycles. The number of para-hydroxylation sites is 1. The average molecular weight is 495 g/mol. The lowest BCUT2D eigenvalue weighted by Crippen LogP contribution is -2.44. The Kier molecular flexibility index (Phi) is 5.75. The Bertz CT molecular complexity index is 1510. The molecule has 3 atom stereocenters. The van der Waals surface area contributed by atoms with Crippen LogP contribution < -0.4 is 10.6 Å². The van der Waals surface area contributed by atoms with Crippen LogP contribution in [0.15, 0.2) is 54.7 Å². The standard InChI is InChI=1S/C30H34N6O/c1-5-35-11-10-28(33-35)29-15-25(23-8-6-7-9-27(23)32-29)18(2)24-13-20(14-26(19(24)3)30(31)37)36-17-21-12-22(36)16-34(21)4/h6-11,13-15,18,21-22H,5,12,16-17H2,1-4H3,(H2,31,37)/t18-,21-,22-/m1/s1. The van der Waals surface area contributed by atoms with Crippen LogP contribution in [0, 0.1) is 6.92 Å². The minimum Gasteiger partial charge on any atom is -0.366 e. The lowest BCUT2D eigenvalue weighted by atomic mass is 9.85. The Morgan fingerprint density at radius 2 is 1.89 bits per heavy atom. The van der Waals surface area contributed by atoms with Crippen molar-refractivity contribution in [1.29, 1.82) is 0 Å². The van der Waals surface area contributed by atoms with Gasteiger partial charge in [-0.2, -0.15) is 5.10 Å². The number of anilines is 1. The van der Waals surface area contributed by atoms with Gasteiger partial charge < -0.3 is 10.6 Å². The molecule has 0 radical (unpaired) electrons. The number of carbonyl (C=O) groups excluding carboxylic acids is 1. The third kappa shape index (κ3) is 3.98. The Morgan fingerprint density at radius 1 is 1.08 bits per heavy atom. The van der Waals surface area contributed by atoms with Gasteiger partial charge in [-0.25, -0.2) is 4.98 Å². The number of nitrogens with zero attached hydrogens (tertiary/aromatic N) is 5. The summed E-state index contributed by atoms with van der Waals surface area (Å²) in [5.74, 6) is -0.347. The molecule has 0 spiro atoms. The fourth-order valence-corrected chi connectivity index (χ4v) is 6.31. The van der Waals surface area contributed by atoms with E-state index in [1.165, 1.54) is 12.0 Å². The zero-order valence-corrected chi connectivity index (χ0v) is 22.0. The predicted molar refractivity (Wildman–Crippen MR) is 148 cm³/mol. The third-order valence-corrected chi connectivity index (χ3v) is 8.45. The lowest BCUT2D eigenvalue weighted by Gasteiger charge is -2.34. The van der Waals surface area contributed by atoms with Crippen molar-refractivity contribution >= 4 is 22.5 Å². The Labute approximate surface area is 217 Å². The number of pyridine rings is 1. The number of hydrogen-bond donors (Lipinski definition) is 1. The van der Waals surface area contributed by atoms with Crippen LogP contribution in [0.3, 0.4) is 0 Å². The molecule has 0 aliphatic carbocycles. The van der Waals surface area contributed by atoms with Gasteiger partial charge in [0.15, 0.2) is 0 Å². The van der Waals surface area contributed by atoms with Crippen molar-refractivity contribution in [3.63, 3.8) is 0 Å². The molecule has 0 saturated carbocycles. The number of hydrogen-bond acceptors (Lipinski definition) is 5. The normalized spacial score (nSPS) is 20.2. The largest absolute Gasteiger partial charge is 0.366 e. The molecule has 2 fully saturated rings. The monoisotopic (exact) mass is 494 g/mol. The first kappa shape index (κ1) is 23.7. The highest BCUT2D eigenvalue weighted by Crippen LogP contribution is 2.40. The second-order valence-electron chi connectivity index (χ2n) is 10.6. The summed E-state index contributed by atoms with van der Waals surface area (Å²) in [6.45, 7) is 9.17.